The molecule has 2 atom stereocenters. The van der Waals surface area contributed by atoms with Crippen LogP contribution in [0.2, 0.25) is 0 Å². The Labute approximate surface area is 109 Å². The van der Waals surface area contributed by atoms with Crippen molar-refractivity contribution in [3.8, 4) is 0 Å². The Morgan fingerprint density at radius 1 is 1.39 bits per heavy atom. The highest BCUT2D eigenvalue weighted by molar-refractivity contribution is 9.10. The molecule has 7 heteroatoms. The molecule has 1 aliphatic heterocycles. The fraction of sp³-hybridized carbons (Fsp3) is 0.364. The number of benzene rings is 1. The number of amides is 1. The number of aliphatic hydroxyl groups is 1. The van der Waals surface area contributed by atoms with E-state index >= 15 is 0 Å². The molecule has 2 rings (SSSR count). The summed E-state index contributed by atoms with van der Waals surface area (Å²) in [5.41, 5.74) is 0.632. The SMILES string of the molecule is O=C1Nc2ccc(Br)cc2C(O)C1CC(F)(F)F. The number of halogens is 4. The van der Waals surface area contributed by atoms with Gasteiger partial charge in [-0.25, -0.2) is 0 Å². The van der Waals surface area contributed by atoms with Gasteiger partial charge in [0.15, 0.2) is 0 Å². The number of hydrogen-bond donors (Lipinski definition) is 2. The standard InChI is InChI=1S/C11H9BrF3NO2/c12-5-1-2-8-6(3-5)9(17)7(10(18)16-8)4-11(13,14)15/h1-3,7,9,17H,4H2,(H,16,18). The molecule has 1 heterocycles. The van der Waals surface area contributed by atoms with Crippen LogP contribution in [0.1, 0.15) is 18.1 Å². The molecule has 0 aliphatic carbocycles. The summed E-state index contributed by atoms with van der Waals surface area (Å²) >= 11 is 3.17. The third kappa shape index (κ3) is 2.67. The highest BCUT2D eigenvalue weighted by Crippen LogP contribution is 2.40. The molecular weight excluding hydrogens is 315 g/mol. The van der Waals surface area contributed by atoms with Crippen molar-refractivity contribution in [2.24, 2.45) is 5.92 Å². The first-order chi connectivity index (χ1) is 8.28. The molecule has 1 aliphatic rings. The Morgan fingerprint density at radius 3 is 2.67 bits per heavy atom. The Hall–Kier alpha value is -1.08. The van der Waals surface area contributed by atoms with Crippen LogP contribution < -0.4 is 5.32 Å². The maximum absolute atomic E-state index is 12.3. The second kappa shape index (κ2) is 4.55. The molecule has 0 saturated carbocycles. The maximum atomic E-state index is 12.3. The van der Waals surface area contributed by atoms with Gasteiger partial charge in [0.2, 0.25) is 5.91 Å². The number of aliphatic hydroxyl groups excluding tert-OH is 1. The Kier molecular flexibility index (Phi) is 3.37. The Morgan fingerprint density at radius 2 is 2.06 bits per heavy atom. The minimum atomic E-state index is -4.49. The highest BCUT2D eigenvalue weighted by Gasteiger charge is 2.42. The van der Waals surface area contributed by atoms with E-state index in [4.69, 9.17) is 0 Å². The van der Waals surface area contributed by atoms with Gasteiger partial charge >= 0.3 is 6.18 Å². The predicted molar refractivity (Wildman–Crippen MR) is 61.9 cm³/mol. The van der Waals surface area contributed by atoms with E-state index in [9.17, 15) is 23.1 Å². The first-order valence-electron chi connectivity index (χ1n) is 5.13. The zero-order chi connectivity index (χ0) is 13.5. The molecule has 0 aromatic heterocycles. The third-order valence-electron chi connectivity index (χ3n) is 2.76. The lowest BCUT2D eigenvalue weighted by Crippen LogP contribution is -2.36. The van der Waals surface area contributed by atoms with Crippen molar-refractivity contribution >= 4 is 27.5 Å². The normalized spacial score (nSPS) is 23.5. The predicted octanol–water partition coefficient (Wildman–Crippen LogP) is 3.00. The Bertz CT molecular complexity index is 490. The van der Waals surface area contributed by atoms with E-state index < -0.39 is 30.5 Å². The lowest BCUT2D eigenvalue weighted by molar-refractivity contribution is -0.161. The number of carbonyl (C=O) groups is 1. The van der Waals surface area contributed by atoms with Gasteiger partial charge in [0.1, 0.15) is 0 Å². The molecule has 1 aromatic carbocycles. The number of nitrogens with one attached hydrogen (secondary N) is 1. The summed E-state index contributed by atoms with van der Waals surface area (Å²) in [4.78, 5) is 11.5. The largest absolute Gasteiger partial charge is 0.390 e. The van der Waals surface area contributed by atoms with Crippen molar-refractivity contribution in [3.05, 3.63) is 28.2 Å². The second-order valence-corrected chi connectivity index (χ2v) is 5.01. The second-order valence-electron chi connectivity index (χ2n) is 4.09. The van der Waals surface area contributed by atoms with Crippen LogP contribution in [0, 0.1) is 5.92 Å². The topological polar surface area (TPSA) is 49.3 Å². The third-order valence-corrected chi connectivity index (χ3v) is 3.25. The van der Waals surface area contributed by atoms with Crippen LogP contribution in [-0.2, 0) is 4.79 Å². The summed E-state index contributed by atoms with van der Waals surface area (Å²) in [5.74, 6) is -2.32. The van der Waals surface area contributed by atoms with E-state index in [1.807, 2.05) is 0 Å². The minimum Gasteiger partial charge on any atom is -0.387 e. The number of rotatable bonds is 1. The molecule has 1 aromatic rings. The minimum absolute atomic E-state index is 0.290. The number of fused-ring (bicyclic) bond motifs is 1. The van der Waals surface area contributed by atoms with Gasteiger partial charge < -0.3 is 10.4 Å². The lowest BCUT2D eigenvalue weighted by Gasteiger charge is -2.30. The number of carbonyl (C=O) groups excluding carboxylic acids is 1. The van der Waals surface area contributed by atoms with Gasteiger partial charge in [-0.3, -0.25) is 4.79 Å². The number of alkyl halides is 3. The fourth-order valence-corrected chi connectivity index (χ4v) is 2.31. The molecule has 0 fully saturated rings. The van der Waals surface area contributed by atoms with Crippen molar-refractivity contribution in [3.63, 3.8) is 0 Å². The molecule has 0 saturated heterocycles. The van der Waals surface area contributed by atoms with Crippen LogP contribution in [0.4, 0.5) is 18.9 Å². The quantitative estimate of drug-likeness (QED) is 0.834. The summed E-state index contributed by atoms with van der Waals surface area (Å²) in [6, 6.07) is 4.67. The van der Waals surface area contributed by atoms with Crippen molar-refractivity contribution in [2.75, 3.05) is 5.32 Å². The van der Waals surface area contributed by atoms with Crippen molar-refractivity contribution in [1.82, 2.24) is 0 Å². The lowest BCUT2D eigenvalue weighted by atomic mass is 9.87. The number of anilines is 1. The van der Waals surface area contributed by atoms with Crippen molar-refractivity contribution < 1.29 is 23.1 Å². The molecule has 2 unspecified atom stereocenters. The molecule has 0 spiro atoms. The molecule has 98 valence electrons. The first kappa shape index (κ1) is 13.4. The molecule has 2 N–H and O–H groups in total. The van der Waals surface area contributed by atoms with Gasteiger partial charge in [0, 0.05) is 15.7 Å². The number of hydrogen-bond acceptors (Lipinski definition) is 2. The molecule has 18 heavy (non-hydrogen) atoms. The Balaban J connectivity index is 2.34. The molecular formula is C11H9BrF3NO2. The van der Waals surface area contributed by atoms with Gasteiger partial charge in [-0.2, -0.15) is 13.2 Å². The molecule has 3 nitrogen and oxygen atoms in total. The zero-order valence-corrected chi connectivity index (χ0v) is 10.5. The van der Waals surface area contributed by atoms with Crippen LogP contribution in [-0.4, -0.2) is 17.2 Å². The van der Waals surface area contributed by atoms with E-state index in [0.717, 1.165) is 0 Å². The van der Waals surface area contributed by atoms with Crippen LogP contribution in [0.15, 0.2) is 22.7 Å². The van der Waals surface area contributed by atoms with E-state index in [2.05, 4.69) is 21.2 Å². The summed E-state index contributed by atoms with van der Waals surface area (Å²) < 4.78 is 37.7. The summed E-state index contributed by atoms with van der Waals surface area (Å²) in [6.45, 7) is 0. The van der Waals surface area contributed by atoms with E-state index in [-0.39, 0.29) is 0 Å². The summed E-state index contributed by atoms with van der Waals surface area (Å²) in [7, 11) is 0. The highest BCUT2D eigenvalue weighted by atomic mass is 79.9. The molecule has 0 bridgehead atoms. The van der Waals surface area contributed by atoms with Gasteiger partial charge in [-0.05, 0) is 18.2 Å². The van der Waals surface area contributed by atoms with E-state index in [1.54, 1.807) is 6.07 Å². The molecule has 1 amide bonds. The van der Waals surface area contributed by atoms with Gasteiger partial charge in [0.25, 0.3) is 0 Å². The fourth-order valence-electron chi connectivity index (χ4n) is 1.93. The van der Waals surface area contributed by atoms with Crippen LogP contribution in [0.5, 0.6) is 0 Å². The maximum Gasteiger partial charge on any atom is 0.390 e. The van der Waals surface area contributed by atoms with E-state index in [1.165, 1.54) is 12.1 Å². The first-order valence-corrected chi connectivity index (χ1v) is 5.92. The van der Waals surface area contributed by atoms with Crippen LogP contribution in [0.3, 0.4) is 0 Å². The van der Waals surface area contributed by atoms with Gasteiger partial charge in [-0.15, -0.1) is 0 Å². The van der Waals surface area contributed by atoms with Gasteiger partial charge in [0.05, 0.1) is 18.4 Å². The van der Waals surface area contributed by atoms with Crippen LogP contribution >= 0.6 is 15.9 Å². The van der Waals surface area contributed by atoms with E-state index in [0.29, 0.717) is 15.7 Å². The smallest absolute Gasteiger partial charge is 0.387 e. The summed E-state index contributed by atoms with van der Waals surface area (Å²) in [6.07, 6.45) is -7.29. The average Bonchev–Trinajstić information content (AvgIpc) is 2.24. The van der Waals surface area contributed by atoms with Gasteiger partial charge in [-0.1, -0.05) is 15.9 Å². The zero-order valence-electron chi connectivity index (χ0n) is 8.96. The average molecular weight is 324 g/mol. The van der Waals surface area contributed by atoms with Crippen molar-refractivity contribution in [2.45, 2.75) is 18.7 Å². The van der Waals surface area contributed by atoms with Crippen LogP contribution in [0.25, 0.3) is 0 Å². The summed E-state index contributed by atoms with van der Waals surface area (Å²) in [5, 5.41) is 12.3. The van der Waals surface area contributed by atoms with Crippen molar-refractivity contribution in [1.29, 1.82) is 0 Å². The monoisotopic (exact) mass is 323 g/mol. The molecule has 0 radical (unpaired) electrons.